The minimum Gasteiger partial charge on any atom is -0.309 e. The molecule has 0 saturated carbocycles. The third-order valence-electron chi connectivity index (χ3n) is 9.62. The zero-order valence-corrected chi connectivity index (χ0v) is 27.3. The molecule has 3 heterocycles. The molecule has 0 aliphatic carbocycles. The summed E-state index contributed by atoms with van der Waals surface area (Å²) in [6, 6.07) is 61.0. The Hall–Kier alpha value is -6.23. The monoisotopic (exact) mass is 643 g/mol. The summed E-state index contributed by atoms with van der Waals surface area (Å²) >= 11 is 1.73. The van der Waals surface area contributed by atoms with Crippen LogP contribution in [-0.2, 0) is 0 Å². The molecule has 10 aromatic rings. The first-order valence-electron chi connectivity index (χ1n) is 16.5. The predicted octanol–water partition coefficient (Wildman–Crippen LogP) is 12.3. The normalized spacial score (nSPS) is 11.7. The summed E-state index contributed by atoms with van der Waals surface area (Å²) < 4.78 is 4.83. The Morgan fingerprint density at radius 3 is 1.39 bits per heavy atom. The van der Waals surface area contributed by atoms with Crippen molar-refractivity contribution in [3.05, 3.63) is 176 Å². The molecule has 0 bridgehead atoms. The highest BCUT2D eigenvalue weighted by atomic mass is 32.1. The number of para-hydroxylation sites is 1. The Balaban J connectivity index is 1.35. The van der Waals surface area contributed by atoms with Gasteiger partial charge in [0, 0.05) is 32.8 Å². The molecule has 0 aliphatic heterocycles. The number of benzene rings is 7. The molecule has 0 N–H and O–H groups in total. The average molecular weight is 644 g/mol. The van der Waals surface area contributed by atoms with Crippen LogP contribution in [0, 0.1) is 0 Å². The lowest BCUT2D eigenvalue weighted by molar-refractivity contribution is 1.18. The van der Waals surface area contributed by atoms with E-state index in [1.807, 2.05) is 6.20 Å². The van der Waals surface area contributed by atoms with E-state index in [9.17, 15) is 0 Å². The standard InChI is InChI=1S/C45H29N3S/c1-5-13-30(14-6-1)33-21-23-38-36(27-33)43-40(47(38)35-19-11-4-12-20-35)25-26-41-44(43)37-28-34(31-15-7-2-8-16-31)22-24-39(37)48(41)42-29-46-45(49-42)32-17-9-3-10-18-32/h1-29H. The van der Waals surface area contributed by atoms with Crippen molar-refractivity contribution < 1.29 is 0 Å². The summed E-state index contributed by atoms with van der Waals surface area (Å²) in [6.07, 6.45) is 2.03. The highest BCUT2D eigenvalue weighted by Gasteiger charge is 2.22. The van der Waals surface area contributed by atoms with Crippen molar-refractivity contribution in [1.29, 1.82) is 0 Å². The number of nitrogens with zero attached hydrogens (tertiary/aromatic N) is 3. The molecule has 3 nitrogen and oxygen atoms in total. The fraction of sp³-hybridized carbons (Fsp3) is 0. The van der Waals surface area contributed by atoms with Crippen molar-refractivity contribution in [2.45, 2.75) is 0 Å². The molecule has 0 fully saturated rings. The van der Waals surface area contributed by atoms with Crippen LogP contribution >= 0.6 is 11.3 Å². The minimum absolute atomic E-state index is 1.01. The predicted molar refractivity (Wildman–Crippen MR) is 207 cm³/mol. The first kappa shape index (κ1) is 27.8. The number of hydrogen-bond donors (Lipinski definition) is 0. The summed E-state index contributed by atoms with van der Waals surface area (Å²) in [6.45, 7) is 0. The van der Waals surface area contributed by atoms with Crippen LogP contribution in [0.15, 0.2) is 176 Å². The largest absolute Gasteiger partial charge is 0.309 e. The second-order valence-electron chi connectivity index (χ2n) is 12.4. The highest BCUT2D eigenvalue weighted by molar-refractivity contribution is 7.17. The first-order valence-corrected chi connectivity index (χ1v) is 17.4. The van der Waals surface area contributed by atoms with E-state index in [-0.39, 0.29) is 0 Å². The van der Waals surface area contributed by atoms with Crippen LogP contribution in [0.4, 0.5) is 0 Å². The van der Waals surface area contributed by atoms with Crippen LogP contribution in [0.1, 0.15) is 0 Å². The van der Waals surface area contributed by atoms with Gasteiger partial charge in [0.15, 0.2) is 0 Å². The molecule has 0 amide bonds. The van der Waals surface area contributed by atoms with Gasteiger partial charge in [0.1, 0.15) is 10.0 Å². The molecule has 0 unspecified atom stereocenters. The minimum atomic E-state index is 1.01. The second kappa shape index (κ2) is 11.2. The lowest BCUT2D eigenvalue weighted by atomic mass is 9.99. The van der Waals surface area contributed by atoms with Crippen molar-refractivity contribution in [1.82, 2.24) is 14.1 Å². The highest BCUT2D eigenvalue weighted by Crippen LogP contribution is 2.45. The van der Waals surface area contributed by atoms with E-state index < -0.39 is 0 Å². The Kier molecular flexibility index (Phi) is 6.36. The Bertz CT molecular complexity index is 2790. The maximum atomic E-state index is 4.92. The van der Waals surface area contributed by atoms with E-state index in [1.54, 1.807) is 11.3 Å². The molecule has 3 aromatic heterocycles. The van der Waals surface area contributed by atoms with Crippen LogP contribution in [0.2, 0.25) is 0 Å². The van der Waals surface area contributed by atoms with Gasteiger partial charge >= 0.3 is 0 Å². The van der Waals surface area contributed by atoms with Gasteiger partial charge < -0.3 is 4.57 Å². The number of thiazole rings is 1. The van der Waals surface area contributed by atoms with Crippen LogP contribution in [0.25, 0.3) is 87.1 Å². The van der Waals surface area contributed by atoms with Crippen LogP contribution in [-0.4, -0.2) is 14.1 Å². The van der Waals surface area contributed by atoms with Gasteiger partial charge in [0.25, 0.3) is 0 Å². The third kappa shape index (κ3) is 4.46. The molecule has 4 heteroatoms. The molecule has 10 rings (SSSR count). The van der Waals surface area contributed by atoms with Gasteiger partial charge in [0.05, 0.1) is 28.3 Å². The van der Waals surface area contributed by atoms with Gasteiger partial charge in [-0.25, -0.2) is 4.98 Å². The lowest BCUT2D eigenvalue weighted by Gasteiger charge is -2.08. The maximum absolute atomic E-state index is 4.92. The van der Waals surface area contributed by atoms with Crippen molar-refractivity contribution in [3.8, 4) is 43.5 Å². The summed E-state index contributed by atoms with van der Waals surface area (Å²) in [4.78, 5) is 4.92. The van der Waals surface area contributed by atoms with E-state index in [4.69, 9.17) is 4.98 Å². The molecular formula is C45H29N3S. The van der Waals surface area contributed by atoms with Gasteiger partial charge in [-0.2, -0.15) is 0 Å². The van der Waals surface area contributed by atoms with Crippen LogP contribution in [0.3, 0.4) is 0 Å². The molecule has 0 spiro atoms. The number of rotatable bonds is 5. The second-order valence-corrected chi connectivity index (χ2v) is 13.4. The fourth-order valence-electron chi connectivity index (χ4n) is 7.42. The Morgan fingerprint density at radius 1 is 0.388 bits per heavy atom. The van der Waals surface area contributed by atoms with E-state index in [1.165, 1.54) is 65.9 Å². The van der Waals surface area contributed by atoms with E-state index in [0.717, 1.165) is 21.3 Å². The quantitative estimate of drug-likeness (QED) is 0.183. The Labute approximate surface area is 287 Å². The van der Waals surface area contributed by atoms with Gasteiger partial charge in [0.2, 0.25) is 0 Å². The smallest absolute Gasteiger partial charge is 0.125 e. The average Bonchev–Trinajstić information content (AvgIpc) is 3.88. The summed E-state index contributed by atoms with van der Waals surface area (Å²) in [5.74, 6) is 0. The molecule has 7 aromatic carbocycles. The fourth-order valence-corrected chi connectivity index (χ4v) is 8.37. The SMILES string of the molecule is c1ccc(-c2ccc3c(c2)c2c4c5cc(-c6ccccc6)ccc5n(-c5cnc(-c6ccccc6)s5)c4ccc2n3-c2ccccc2)cc1. The zero-order valence-electron chi connectivity index (χ0n) is 26.5. The molecule has 0 radical (unpaired) electrons. The van der Waals surface area contributed by atoms with E-state index >= 15 is 0 Å². The molecule has 0 saturated heterocycles. The number of fused-ring (bicyclic) bond motifs is 7. The van der Waals surface area contributed by atoms with Gasteiger partial charge in [-0.3, -0.25) is 4.57 Å². The molecule has 230 valence electrons. The van der Waals surface area contributed by atoms with Gasteiger partial charge in [-0.15, -0.1) is 0 Å². The molecule has 0 atom stereocenters. The Morgan fingerprint density at radius 2 is 0.837 bits per heavy atom. The van der Waals surface area contributed by atoms with Crippen molar-refractivity contribution in [3.63, 3.8) is 0 Å². The van der Waals surface area contributed by atoms with Gasteiger partial charge in [-0.05, 0) is 70.8 Å². The topological polar surface area (TPSA) is 22.8 Å². The summed E-state index contributed by atoms with van der Waals surface area (Å²) in [5.41, 5.74) is 11.8. The van der Waals surface area contributed by atoms with Crippen molar-refractivity contribution in [2.24, 2.45) is 0 Å². The summed E-state index contributed by atoms with van der Waals surface area (Å²) in [5, 5.41) is 7.10. The molecule has 0 aliphatic rings. The van der Waals surface area contributed by atoms with Gasteiger partial charge in [-0.1, -0.05) is 133 Å². The molecule has 49 heavy (non-hydrogen) atoms. The zero-order chi connectivity index (χ0) is 32.3. The lowest BCUT2D eigenvalue weighted by Crippen LogP contribution is -1.93. The first-order chi connectivity index (χ1) is 24.3. The maximum Gasteiger partial charge on any atom is 0.125 e. The van der Waals surface area contributed by atoms with Crippen LogP contribution in [0.5, 0.6) is 0 Å². The van der Waals surface area contributed by atoms with Crippen molar-refractivity contribution >= 4 is 54.9 Å². The summed E-state index contributed by atoms with van der Waals surface area (Å²) in [7, 11) is 0. The molecular weight excluding hydrogens is 615 g/mol. The number of hydrogen-bond acceptors (Lipinski definition) is 2. The van der Waals surface area contributed by atoms with E-state index in [0.29, 0.717) is 0 Å². The van der Waals surface area contributed by atoms with Crippen molar-refractivity contribution in [2.75, 3.05) is 0 Å². The third-order valence-corrected chi connectivity index (χ3v) is 10.7. The number of aromatic nitrogens is 3. The van der Waals surface area contributed by atoms with Crippen LogP contribution < -0.4 is 0 Å². The van der Waals surface area contributed by atoms with E-state index in [2.05, 4.69) is 179 Å².